The third-order valence-corrected chi connectivity index (χ3v) is 6.04. The van der Waals surface area contributed by atoms with Gasteiger partial charge in [0.2, 0.25) is 0 Å². The first-order valence-electron chi connectivity index (χ1n) is 8.97. The van der Waals surface area contributed by atoms with E-state index in [1.807, 2.05) is 0 Å². The SMILES string of the molecule is COC(=O)C[C@](N[S@+]([O-])C(C)(C)C)(c1ccc(C(F)(F)F)c(F)c1)c1ncccc1F. The number of aromatic nitrogens is 1. The normalized spacial score (nSPS) is 15.3. The summed E-state index contributed by atoms with van der Waals surface area (Å²) in [7, 11) is 1.05. The highest BCUT2D eigenvalue weighted by Gasteiger charge is 2.48. The smallest absolute Gasteiger partial charge is 0.419 e. The lowest BCUT2D eigenvalue weighted by atomic mass is 9.83. The maximum atomic E-state index is 14.8. The molecule has 2 aromatic rings. The molecular weight excluding hydrogens is 443 g/mol. The summed E-state index contributed by atoms with van der Waals surface area (Å²) < 4.78 is 87.7. The van der Waals surface area contributed by atoms with Crippen LogP contribution in [-0.4, -0.2) is 27.4 Å². The van der Waals surface area contributed by atoms with E-state index in [9.17, 15) is 31.3 Å². The molecule has 0 aliphatic heterocycles. The van der Waals surface area contributed by atoms with Crippen molar-refractivity contribution in [1.29, 1.82) is 0 Å². The quantitative estimate of drug-likeness (QED) is 0.393. The Hall–Kier alpha value is -2.24. The van der Waals surface area contributed by atoms with E-state index in [4.69, 9.17) is 0 Å². The van der Waals surface area contributed by atoms with Gasteiger partial charge in [0.25, 0.3) is 0 Å². The fourth-order valence-electron chi connectivity index (χ4n) is 2.78. The zero-order valence-corrected chi connectivity index (χ0v) is 18.0. The molecule has 0 aliphatic carbocycles. The second kappa shape index (κ2) is 9.09. The molecule has 5 nitrogen and oxygen atoms in total. The van der Waals surface area contributed by atoms with E-state index < -0.39 is 63.1 Å². The van der Waals surface area contributed by atoms with Crippen LogP contribution in [0.4, 0.5) is 22.0 Å². The van der Waals surface area contributed by atoms with Crippen LogP contribution in [0.5, 0.6) is 0 Å². The molecule has 0 saturated heterocycles. The number of halogens is 5. The van der Waals surface area contributed by atoms with Crippen LogP contribution in [0.2, 0.25) is 0 Å². The molecule has 1 aromatic carbocycles. The Balaban J connectivity index is 2.83. The van der Waals surface area contributed by atoms with Gasteiger partial charge in [-0.25, -0.2) is 8.78 Å². The van der Waals surface area contributed by atoms with Crippen molar-refractivity contribution in [3.63, 3.8) is 0 Å². The van der Waals surface area contributed by atoms with E-state index in [-0.39, 0.29) is 5.56 Å². The number of hydrogen-bond donors (Lipinski definition) is 1. The molecule has 0 aliphatic rings. The molecule has 2 atom stereocenters. The molecule has 170 valence electrons. The predicted octanol–water partition coefficient (Wildman–Crippen LogP) is 4.24. The number of nitrogens with zero attached hydrogens (tertiary/aromatic N) is 1. The third kappa shape index (κ3) is 5.52. The van der Waals surface area contributed by atoms with Crippen molar-refractivity contribution in [1.82, 2.24) is 9.71 Å². The lowest BCUT2D eigenvalue weighted by Crippen LogP contribution is -2.54. The van der Waals surface area contributed by atoms with Crippen LogP contribution in [0.1, 0.15) is 44.0 Å². The topological polar surface area (TPSA) is 74.3 Å². The van der Waals surface area contributed by atoms with Gasteiger partial charge in [-0.15, -0.1) is 4.72 Å². The lowest BCUT2D eigenvalue weighted by Gasteiger charge is -2.37. The van der Waals surface area contributed by atoms with Gasteiger partial charge >= 0.3 is 12.1 Å². The Morgan fingerprint density at radius 3 is 2.29 bits per heavy atom. The first-order valence-corrected chi connectivity index (χ1v) is 10.1. The first kappa shape index (κ1) is 25.0. The van der Waals surface area contributed by atoms with Crippen molar-refractivity contribution < 1.29 is 36.0 Å². The number of methoxy groups -OCH3 is 1. The van der Waals surface area contributed by atoms with Crippen molar-refractivity contribution in [2.45, 2.75) is 43.7 Å². The molecule has 11 heteroatoms. The van der Waals surface area contributed by atoms with Crippen molar-refractivity contribution in [2.24, 2.45) is 0 Å². The molecule has 0 amide bonds. The minimum absolute atomic E-state index is 0.279. The van der Waals surface area contributed by atoms with Crippen molar-refractivity contribution >= 4 is 17.3 Å². The summed E-state index contributed by atoms with van der Waals surface area (Å²) in [6.07, 6.45) is -4.50. The maximum Gasteiger partial charge on any atom is 0.419 e. The summed E-state index contributed by atoms with van der Waals surface area (Å²) in [5.74, 6) is -3.49. The number of alkyl halides is 3. The average molecular weight is 464 g/mol. The van der Waals surface area contributed by atoms with Crippen molar-refractivity contribution in [2.75, 3.05) is 7.11 Å². The minimum atomic E-state index is -4.97. The molecule has 1 N–H and O–H groups in total. The number of hydrogen-bond acceptors (Lipinski definition) is 5. The Labute approximate surface area is 179 Å². The van der Waals surface area contributed by atoms with E-state index >= 15 is 0 Å². The van der Waals surface area contributed by atoms with Crippen LogP contribution in [-0.2, 0) is 32.6 Å². The molecule has 0 spiro atoms. The number of benzene rings is 1. The second-order valence-corrected chi connectivity index (χ2v) is 9.63. The number of rotatable bonds is 6. The molecule has 31 heavy (non-hydrogen) atoms. The number of carbonyl (C=O) groups is 1. The van der Waals surface area contributed by atoms with Gasteiger partial charge in [0.05, 0.1) is 19.1 Å². The van der Waals surface area contributed by atoms with Gasteiger partial charge in [0, 0.05) is 17.6 Å². The average Bonchev–Trinajstić information content (AvgIpc) is 2.65. The molecule has 0 bridgehead atoms. The van der Waals surface area contributed by atoms with Crippen LogP contribution < -0.4 is 4.72 Å². The fraction of sp³-hybridized carbons (Fsp3) is 0.400. The summed E-state index contributed by atoms with van der Waals surface area (Å²) >= 11 is -1.97. The summed E-state index contributed by atoms with van der Waals surface area (Å²) in [4.78, 5) is 16.2. The number of ether oxygens (including phenoxy) is 1. The largest absolute Gasteiger partial charge is 0.598 e. The zero-order valence-electron chi connectivity index (χ0n) is 17.1. The standard InChI is InChI=1S/C20H21F5N2O3S/c1-18(2,3)31(29)27-19(11-16(28)30-4,17-14(21)6-5-9-26-17)12-7-8-13(15(22)10-12)20(23,24)25/h5-10,27H,11H2,1-4H3/t19-,31+/m0/s1. The van der Waals surface area contributed by atoms with E-state index in [1.54, 1.807) is 20.8 Å². The Kier molecular flexibility index (Phi) is 7.34. The van der Waals surface area contributed by atoms with E-state index in [1.165, 1.54) is 12.3 Å². The van der Waals surface area contributed by atoms with Crippen LogP contribution in [0.25, 0.3) is 0 Å². The molecule has 0 fully saturated rings. The minimum Gasteiger partial charge on any atom is -0.598 e. The van der Waals surface area contributed by atoms with Crippen LogP contribution in [0, 0.1) is 11.6 Å². The van der Waals surface area contributed by atoms with Gasteiger partial charge in [-0.05, 0) is 50.6 Å². The highest BCUT2D eigenvalue weighted by molar-refractivity contribution is 7.90. The zero-order chi connectivity index (χ0) is 23.6. The lowest BCUT2D eigenvalue weighted by molar-refractivity contribution is -0.142. The van der Waals surface area contributed by atoms with Gasteiger partial charge in [-0.3, -0.25) is 9.78 Å². The molecular formula is C20H21F5N2O3S. The summed E-state index contributed by atoms with van der Waals surface area (Å²) in [5.41, 5.74) is -4.35. The number of esters is 1. The van der Waals surface area contributed by atoms with Crippen molar-refractivity contribution in [3.8, 4) is 0 Å². The summed E-state index contributed by atoms with van der Waals surface area (Å²) in [5, 5.41) is 0. The maximum absolute atomic E-state index is 14.8. The van der Waals surface area contributed by atoms with Crippen molar-refractivity contribution in [3.05, 3.63) is 65.0 Å². The van der Waals surface area contributed by atoms with E-state index in [0.717, 1.165) is 19.2 Å². The van der Waals surface area contributed by atoms with Crippen LogP contribution >= 0.6 is 0 Å². The third-order valence-electron chi connectivity index (χ3n) is 4.39. The summed E-state index contributed by atoms with van der Waals surface area (Å²) in [6, 6.07) is 4.15. The fourth-order valence-corrected chi connectivity index (χ4v) is 3.69. The van der Waals surface area contributed by atoms with E-state index in [2.05, 4.69) is 14.4 Å². The van der Waals surface area contributed by atoms with Crippen LogP contribution in [0.3, 0.4) is 0 Å². The van der Waals surface area contributed by atoms with Gasteiger partial charge < -0.3 is 9.29 Å². The summed E-state index contributed by atoms with van der Waals surface area (Å²) in [6.45, 7) is 4.75. The highest BCUT2D eigenvalue weighted by atomic mass is 32.2. The van der Waals surface area contributed by atoms with Crippen LogP contribution in [0.15, 0.2) is 36.5 Å². The molecule has 1 heterocycles. The molecule has 2 rings (SSSR count). The first-order chi connectivity index (χ1) is 14.2. The molecule has 1 aromatic heterocycles. The van der Waals surface area contributed by atoms with Gasteiger partial charge in [-0.1, -0.05) is 6.07 Å². The second-order valence-electron chi connectivity index (χ2n) is 7.67. The molecule has 0 radical (unpaired) electrons. The Bertz CT molecular complexity index is 949. The van der Waals surface area contributed by atoms with Gasteiger partial charge in [-0.2, -0.15) is 13.2 Å². The highest BCUT2D eigenvalue weighted by Crippen LogP contribution is 2.39. The number of pyridine rings is 1. The molecule has 0 saturated carbocycles. The molecule has 0 unspecified atom stereocenters. The van der Waals surface area contributed by atoms with Gasteiger partial charge in [0.1, 0.15) is 27.6 Å². The monoisotopic (exact) mass is 464 g/mol. The Morgan fingerprint density at radius 1 is 1.16 bits per heavy atom. The number of carbonyl (C=O) groups excluding carboxylic acids is 1. The Morgan fingerprint density at radius 2 is 1.81 bits per heavy atom. The number of nitrogens with one attached hydrogen (secondary N) is 1. The van der Waals surface area contributed by atoms with Gasteiger partial charge in [0.15, 0.2) is 0 Å². The van der Waals surface area contributed by atoms with E-state index in [0.29, 0.717) is 12.1 Å². The predicted molar refractivity (Wildman–Crippen MR) is 104 cm³/mol.